The zero-order chi connectivity index (χ0) is 20.6. The SMILES string of the molecule is CCOc1ccc(C(=O)C=Cc2ccc(OC)cc2)c(OP(=O)(O)OOC)c1. The minimum Gasteiger partial charge on any atom is -0.497 e. The standard InChI is InChI=1S/C19H21O8P/c1-4-25-16-10-11-17(19(13-16)26-28(21,22)27-24-3)18(20)12-7-14-5-8-15(23-2)9-6-14/h5-13H,4H2,1-3H3,(H,21,22). The molecule has 0 fully saturated rings. The zero-order valence-corrected chi connectivity index (χ0v) is 16.5. The summed E-state index contributed by atoms with van der Waals surface area (Å²) in [6, 6.07) is 11.4. The Labute approximate surface area is 162 Å². The number of rotatable bonds is 10. The van der Waals surface area contributed by atoms with Crippen molar-refractivity contribution in [3.8, 4) is 17.2 Å². The predicted octanol–water partition coefficient (Wildman–Crippen LogP) is 4.05. The molecule has 0 heterocycles. The molecule has 1 atom stereocenters. The van der Waals surface area contributed by atoms with Crippen LogP contribution in [0.25, 0.3) is 6.08 Å². The molecule has 0 saturated heterocycles. The molecule has 8 nitrogen and oxygen atoms in total. The first-order valence-electron chi connectivity index (χ1n) is 8.26. The van der Waals surface area contributed by atoms with E-state index in [9.17, 15) is 14.3 Å². The third-order valence-electron chi connectivity index (χ3n) is 3.45. The summed E-state index contributed by atoms with van der Waals surface area (Å²) in [6.07, 6.45) is 2.93. The maximum absolute atomic E-state index is 12.6. The zero-order valence-electron chi connectivity index (χ0n) is 15.7. The minimum atomic E-state index is -4.57. The number of phosphoric acid groups is 1. The van der Waals surface area contributed by atoms with E-state index in [2.05, 4.69) is 9.56 Å². The van der Waals surface area contributed by atoms with Crippen LogP contribution < -0.4 is 14.0 Å². The number of methoxy groups -OCH3 is 1. The number of hydrogen-bond donors (Lipinski definition) is 1. The molecule has 0 bridgehead atoms. The summed E-state index contributed by atoms with van der Waals surface area (Å²) in [7, 11) is -1.95. The summed E-state index contributed by atoms with van der Waals surface area (Å²) < 4.78 is 31.5. The van der Waals surface area contributed by atoms with Gasteiger partial charge in [0, 0.05) is 6.07 Å². The second-order valence-corrected chi connectivity index (χ2v) is 6.63. The minimum absolute atomic E-state index is 0.0576. The molecule has 0 aromatic heterocycles. The Hall–Kier alpha value is -2.64. The van der Waals surface area contributed by atoms with Gasteiger partial charge in [0.05, 0.1) is 26.4 Å². The van der Waals surface area contributed by atoms with Crippen molar-refractivity contribution in [3.63, 3.8) is 0 Å². The van der Waals surface area contributed by atoms with Gasteiger partial charge in [-0.05, 0) is 42.8 Å². The highest BCUT2D eigenvalue weighted by molar-refractivity contribution is 7.47. The van der Waals surface area contributed by atoms with Gasteiger partial charge in [-0.25, -0.2) is 9.45 Å². The predicted molar refractivity (Wildman–Crippen MR) is 103 cm³/mol. The molecule has 0 radical (unpaired) electrons. The molecule has 0 aliphatic heterocycles. The Morgan fingerprint density at radius 2 is 1.79 bits per heavy atom. The number of phosphoric ester groups is 1. The smallest absolute Gasteiger partial charge is 0.497 e. The highest BCUT2D eigenvalue weighted by atomic mass is 31.2. The molecule has 28 heavy (non-hydrogen) atoms. The van der Waals surface area contributed by atoms with Crippen LogP contribution in [0.3, 0.4) is 0 Å². The Kier molecular flexibility index (Phi) is 7.78. The third kappa shape index (κ3) is 6.21. The van der Waals surface area contributed by atoms with Crippen molar-refractivity contribution in [3.05, 3.63) is 59.7 Å². The second-order valence-electron chi connectivity index (χ2n) is 5.36. The van der Waals surface area contributed by atoms with Crippen molar-refractivity contribution in [2.45, 2.75) is 6.92 Å². The van der Waals surface area contributed by atoms with E-state index in [-0.39, 0.29) is 11.3 Å². The fourth-order valence-electron chi connectivity index (χ4n) is 2.25. The monoisotopic (exact) mass is 408 g/mol. The van der Waals surface area contributed by atoms with E-state index in [1.54, 1.807) is 50.4 Å². The molecule has 150 valence electrons. The van der Waals surface area contributed by atoms with Crippen LogP contribution in [0.4, 0.5) is 0 Å². The number of ketones is 1. The lowest BCUT2D eigenvalue weighted by Crippen LogP contribution is -2.03. The molecular weight excluding hydrogens is 387 g/mol. The van der Waals surface area contributed by atoms with Crippen LogP contribution in [-0.2, 0) is 14.1 Å². The summed E-state index contributed by atoms with van der Waals surface area (Å²) in [5.74, 6) is 0.456. The summed E-state index contributed by atoms with van der Waals surface area (Å²) in [6.45, 7) is 2.15. The lowest BCUT2D eigenvalue weighted by atomic mass is 10.1. The van der Waals surface area contributed by atoms with Crippen LogP contribution in [0.15, 0.2) is 48.5 Å². The fourth-order valence-corrected chi connectivity index (χ4v) is 2.87. The number of benzene rings is 2. The average Bonchev–Trinajstić information content (AvgIpc) is 2.66. The molecule has 2 rings (SSSR count). The topological polar surface area (TPSA) is 101 Å². The number of allylic oxidation sites excluding steroid dienone is 1. The number of ether oxygens (including phenoxy) is 2. The Balaban J connectivity index is 2.29. The lowest BCUT2D eigenvalue weighted by Gasteiger charge is -2.14. The van der Waals surface area contributed by atoms with Crippen LogP contribution in [0.1, 0.15) is 22.8 Å². The maximum atomic E-state index is 12.6. The van der Waals surface area contributed by atoms with Crippen LogP contribution in [0, 0.1) is 0 Å². The number of carbonyl (C=O) groups excluding carboxylic acids is 1. The van der Waals surface area contributed by atoms with Gasteiger partial charge in [-0.1, -0.05) is 18.2 Å². The van der Waals surface area contributed by atoms with Crippen molar-refractivity contribution >= 4 is 19.7 Å². The van der Waals surface area contributed by atoms with Gasteiger partial charge in [0.1, 0.15) is 17.2 Å². The highest BCUT2D eigenvalue weighted by Crippen LogP contribution is 2.45. The van der Waals surface area contributed by atoms with Gasteiger partial charge in [-0.15, -0.1) is 4.67 Å². The quantitative estimate of drug-likeness (QED) is 0.207. The van der Waals surface area contributed by atoms with Gasteiger partial charge >= 0.3 is 7.82 Å². The molecule has 0 aliphatic rings. The first-order chi connectivity index (χ1) is 13.4. The molecular formula is C19H21O8P. The van der Waals surface area contributed by atoms with Crippen LogP contribution >= 0.6 is 7.82 Å². The van der Waals surface area contributed by atoms with E-state index in [1.807, 2.05) is 0 Å². The van der Waals surface area contributed by atoms with Gasteiger partial charge in [-0.2, -0.15) is 0 Å². The number of carbonyl (C=O) groups is 1. The molecule has 2 aromatic carbocycles. The molecule has 0 aliphatic carbocycles. The van der Waals surface area contributed by atoms with Crippen molar-refractivity contribution in [1.82, 2.24) is 0 Å². The van der Waals surface area contributed by atoms with E-state index in [1.165, 1.54) is 18.2 Å². The molecule has 1 unspecified atom stereocenters. The Bertz CT molecular complexity index is 876. The Morgan fingerprint density at radius 1 is 1.11 bits per heavy atom. The first kappa shape index (κ1) is 21.7. The summed E-state index contributed by atoms with van der Waals surface area (Å²) in [5, 5.41) is 0. The molecule has 2 aromatic rings. The lowest BCUT2D eigenvalue weighted by molar-refractivity contribution is -0.193. The van der Waals surface area contributed by atoms with Gasteiger partial charge in [-0.3, -0.25) is 9.69 Å². The summed E-state index contributed by atoms with van der Waals surface area (Å²) in [5.41, 5.74) is 0.834. The molecule has 1 N–H and O–H groups in total. The molecule has 0 spiro atoms. The van der Waals surface area contributed by atoms with Crippen LogP contribution in [0.5, 0.6) is 17.2 Å². The van der Waals surface area contributed by atoms with Gasteiger partial charge in [0.15, 0.2) is 5.78 Å². The van der Waals surface area contributed by atoms with E-state index >= 15 is 0 Å². The largest absolute Gasteiger partial charge is 0.555 e. The summed E-state index contributed by atoms with van der Waals surface area (Å²) >= 11 is 0. The molecule has 0 amide bonds. The molecule has 0 saturated carbocycles. The third-order valence-corrected chi connectivity index (χ3v) is 4.22. The van der Waals surface area contributed by atoms with E-state index in [4.69, 9.17) is 14.0 Å². The van der Waals surface area contributed by atoms with Crippen molar-refractivity contribution in [2.24, 2.45) is 0 Å². The average molecular weight is 408 g/mol. The maximum Gasteiger partial charge on any atom is 0.555 e. The van der Waals surface area contributed by atoms with Gasteiger partial charge < -0.3 is 14.0 Å². The van der Waals surface area contributed by atoms with Crippen LogP contribution in [0.2, 0.25) is 0 Å². The van der Waals surface area contributed by atoms with Gasteiger partial charge in [0.25, 0.3) is 0 Å². The van der Waals surface area contributed by atoms with E-state index in [0.29, 0.717) is 18.1 Å². The van der Waals surface area contributed by atoms with Crippen LogP contribution in [-0.4, -0.2) is 31.5 Å². The fraction of sp³-hybridized carbons (Fsp3) is 0.211. The van der Waals surface area contributed by atoms with E-state index < -0.39 is 13.6 Å². The van der Waals surface area contributed by atoms with Crippen molar-refractivity contribution in [1.29, 1.82) is 0 Å². The Morgan fingerprint density at radius 3 is 2.39 bits per heavy atom. The van der Waals surface area contributed by atoms with E-state index in [0.717, 1.165) is 12.7 Å². The van der Waals surface area contributed by atoms with Crippen molar-refractivity contribution < 1.29 is 37.8 Å². The highest BCUT2D eigenvalue weighted by Gasteiger charge is 2.27. The normalized spacial score (nSPS) is 13.1. The van der Waals surface area contributed by atoms with Crippen molar-refractivity contribution in [2.75, 3.05) is 20.8 Å². The summed E-state index contributed by atoms with van der Waals surface area (Å²) in [4.78, 5) is 26.5. The molecule has 9 heteroatoms. The first-order valence-corrected chi connectivity index (χ1v) is 9.76. The second kappa shape index (κ2) is 10.1. The number of hydrogen-bond acceptors (Lipinski definition) is 7. The van der Waals surface area contributed by atoms with Gasteiger partial charge in [0.2, 0.25) is 0 Å².